The predicted octanol–water partition coefficient (Wildman–Crippen LogP) is 4.13. The number of rotatable bonds is 5. The van der Waals surface area contributed by atoms with Gasteiger partial charge in [-0.25, -0.2) is 4.98 Å². The quantitative estimate of drug-likeness (QED) is 0.806. The molecule has 18 heavy (non-hydrogen) atoms. The molecule has 0 aliphatic heterocycles. The molecule has 104 valence electrons. The highest BCUT2D eigenvalue weighted by Gasteiger charge is 2.36. The number of hydrogen-bond donors (Lipinski definition) is 0. The number of thiazole rings is 1. The van der Waals surface area contributed by atoms with E-state index < -0.39 is 11.2 Å². The number of nitrogens with zero attached hydrogens (tertiary/aromatic N) is 2. The molecule has 6 heteroatoms. The van der Waals surface area contributed by atoms with Gasteiger partial charge in [-0.05, 0) is 19.0 Å². The van der Waals surface area contributed by atoms with Gasteiger partial charge in [0.1, 0.15) is 0 Å². The molecule has 0 aliphatic carbocycles. The molecule has 2 nitrogen and oxygen atoms in total. The zero-order chi connectivity index (χ0) is 13.9. The van der Waals surface area contributed by atoms with E-state index in [1.54, 1.807) is 0 Å². The maximum Gasteiger partial charge on any atom is 0.443 e. The van der Waals surface area contributed by atoms with Crippen molar-refractivity contribution >= 4 is 11.3 Å². The molecule has 0 N–H and O–H groups in total. The summed E-state index contributed by atoms with van der Waals surface area (Å²) in [5, 5.41) is -0.728. The molecule has 0 fully saturated rings. The second kappa shape index (κ2) is 6.02. The van der Waals surface area contributed by atoms with E-state index in [1.165, 1.54) is 0 Å². The average Bonchev–Trinajstić information content (AvgIpc) is 2.69. The molecule has 1 aromatic heterocycles. The summed E-state index contributed by atoms with van der Waals surface area (Å²) < 4.78 is 38.0. The van der Waals surface area contributed by atoms with Crippen molar-refractivity contribution < 1.29 is 13.2 Å². The molecule has 0 saturated carbocycles. The summed E-state index contributed by atoms with van der Waals surface area (Å²) >= 11 is 0.776. The van der Waals surface area contributed by atoms with Gasteiger partial charge in [-0.15, -0.1) is 11.3 Å². The van der Waals surface area contributed by atoms with Gasteiger partial charge in [-0.1, -0.05) is 27.7 Å². The minimum absolute atomic E-state index is 0.0166. The lowest BCUT2D eigenvalue weighted by Gasteiger charge is -2.18. The molecule has 0 atom stereocenters. The lowest BCUT2D eigenvalue weighted by molar-refractivity contribution is -0.137. The van der Waals surface area contributed by atoms with E-state index in [-0.39, 0.29) is 5.92 Å². The van der Waals surface area contributed by atoms with Gasteiger partial charge in [0.15, 0.2) is 5.01 Å². The van der Waals surface area contributed by atoms with Crippen molar-refractivity contribution in [3.05, 3.63) is 15.6 Å². The topological polar surface area (TPSA) is 16.1 Å². The minimum atomic E-state index is -4.34. The summed E-state index contributed by atoms with van der Waals surface area (Å²) in [4.78, 5) is 6.60. The molecule has 0 spiro atoms. The highest BCUT2D eigenvalue weighted by molar-refractivity contribution is 7.11. The van der Waals surface area contributed by atoms with Crippen LogP contribution >= 0.6 is 11.3 Å². The van der Waals surface area contributed by atoms with Crippen LogP contribution in [0.2, 0.25) is 0 Å². The molecule has 0 saturated heterocycles. The first-order valence-corrected chi connectivity index (χ1v) is 6.90. The van der Waals surface area contributed by atoms with Crippen LogP contribution in [-0.4, -0.2) is 23.0 Å². The van der Waals surface area contributed by atoms with Crippen LogP contribution in [0.25, 0.3) is 0 Å². The highest BCUT2D eigenvalue weighted by Crippen LogP contribution is 2.36. The van der Waals surface area contributed by atoms with Crippen LogP contribution < -0.4 is 0 Å². The van der Waals surface area contributed by atoms with Crippen molar-refractivity contribution in [1.82, 2.24) is 9.88 Å². The lowest BCUT2D eigenvalue weighted by atomic mass is 10.1. The van der Waals surface area contributed by atoms with Crippen molar-refractivity contribution in [2.45, 2.75) is 46.3 Å². The molecule has 0 aliphatic rings. The Bertz CT molecular complexity index is 381. The Hall–Kier alpha value is -0.620. The van der Waals surface area contributed by atoms with Crippen molar-refractivity contribution in [1.29, 1.82) is 0 Å². The van der Waals surface area contributed by atoms with Crippen LogP contribution in [-0.2, 0) is 12.7 Å². The Morgan fingerprint density at radius 2 is 1.78 bits per heavy atom. The molecular formula is C12H19F3N2S. The Morgan fingerprint density at radius 1 is 1.22 bits per heavy atom. The number of alkyl halides is 3. The van der Waals surface area contributed by atoms with Crippen molar-refractivity contribution in [3.8, 4) is 0 Å². The standard InChI is InChI=1S/C12H19F3N2S/c1-5-17(6-2)7-9-10(8(3)4)16-11(18-9)12(13,14)15/h8H,5-7H2,1-4H3. The zero-order valence-electron chi connectivity index (χ0n) is 11.1. The van der Waals surface area contributed by atoms with E-state index in [1.807, 2.05) is 27.7 Å². The number of hydrogen-bond acceptors (Lipinski definition) is 3. The first kappa shape index (κ1) is 15.4. The Kier molecular flexibility index (Phi) is 5.16. The van der Waals surface area contributed by atoms with Crippen LogP contribution in [0, 0.1) is 0 Å². The Morgan fingerprint density at radius 3 is 2.17 bits per heavy atom. The maximum atomic E-state index is 12.7. The molecule has 0 bridgehead atoms. The van der Waals surface area contributed by atoms with E-state index in [0.717, 1.165) is 29.3 Å². The number of halogens is 3. The fourth-order valence-corrected chi connectivity index (χ4v) is 2.83. The van der Waals surface area contributed by atoms with Crippen LogP contribution in [0.5, 0.6) is 0 Å². The first-order valence-electron chi connectivity index (χ1n) is 6.08. The van der Waals surface area contributed by atoms with E-state index in [4.69, 9.17) is 0 Å². The average molecular weight is 280 g/mol. The third-order valence-corrected chi connectivity index (χ3v) is 3.88. The van der Waals surface area contributed by atoms with Gasteiger partial charge >= 0.3 is 6.18 Å². The van der Waals surface area contributed by atoms with Crippen LogP contribution in [0.15, 0.2) is 0 Å². The maximum absolute atomic E-state index is 12.7. The van der Waals surface area contributed by atoms with E-state index in [9.17, 15) is 13.2 Å². The third kappa shape index (κ3) is 3.68. The summed E-state index contributed by atoms with van der Waals surface area (Å²) in [6, 6.07) is 0. The molecule has 0 aromatic carbocycles. The zero-order valence-corrected chi connectivity index (χ0v) is 12.0. The van der Waals surface area contributed by atoms with Crippen molar-refractivity contribution in [2.24, 2.45) is 0 Å². The van der Waals surface area contributed by atoms with Crippen molar-refractivity contribution in [3.63, 3.8) is 0 Å². The third-order valence-electron chi connectivity index (χ3n) is 2.78. The summed E-state index contributed by atoms with van der Waals surface area (Å²) in [6.45, 7) is 9.96. The normalized spacial score (nSPS) is 12.7. The van der Waals surface area contributed by atoms with Crippen LogP contribution in [0.4, 0.5) is 13.2 Å². The lowest BCUT2D eigenvalue weighted by Crippen LogP contribution is -2.22. The van der Waals surface area contributed by atoms with Gasteiger partial charge in [0, 0.05) is 11.4 Å². The van der Waals surface area contributed by atoms with Gasteiger partial charge in [0.05, 0.1) is 5.69 Å². The molecule has 1 heterocycles. The first-order chi connectivity index (χ1) is 8.29. The van der Waals surface area contributed by atoms with Gasteiger partial charge in [-0.2, -0.15) is 13.2 Å². The molecule has 1 aromatic rings. The largest absolute Gasteiger partial charge is 0.443 e. The van der Waals surface area contributed by atoms with Crippen molar-refractivity contribution in [2.75, 3.05) is 13.1 Å². The van der Waals surface area contributed by atoms with E-state index in [2.05, 4.69) is 9.88 Å². The second-order valence-corrected chi connectivity index (χ2v) is 5.52. The fraction of sp³-hybridized carbons (Fsp3) is 0.750. The van der Waals surface area contributed by atoms with Gasteiger partial charge < -0.3 is 0 Å². The van der Waals surface area contributed by atoms with E-state index >= 15 is 0 Å². The molecular weight excluding hydrogens is 261 g/mol. The molecule has 0 unspecified atom stereocenters. The predicted molar refractivity (Wildman–Crippen MR) is 67.8 cm³/mol. The van der Waals surface area contributed by atoms with Crippen LogP contribution in [0.1, 0.15) is 49.2 Å². The van der Waals surface area contributed by atoms with E-state index in [0.29, 0.717) is 12.2 Å². The van der Waals surface area contributed by atoms with Gasteiger partial charge in [0.25, 0.3) is 0 Å². The van der Waals surface area contributed by atoms with Crippen LogP contribution in [0.3, 0.4) is 0 Å². The summed E-state index contributed by atoms with van der Waals surface area (Å²) in [5.41, 5.74) is 0.583. The smallest absolute Gasteiger partial charge is 0.299 e. The molecule has 1 rings (SSSR count). The highest BCUT2D eigenvalue weighted by atomic mass is 32.1. The Labute approximate surface area is 110 Å². The Balaban J connectivity index is 3.05. The SMILES string of the molecule is CCN(CC)Cc1sc(C(F)(F)F)nc1C(C)C. The number of aromatic nitrogens is 1. The second-order valence-electron chi connectivity index (χ2n) is 4.44. The molecule has 0 amide bonds. The fourth-order valence-electron chi connectivity index (χ4n) is 1.70. The van der Waals surface area contributed by atoms with Gasteiger partial charge in [0.2, 0.25) is 0 Å². The summed E-state index contributed by atoms with van der Waals surface area (Å²) in [6.07, 6.45) is -4.34. The monoisotopic (exact) mass is 280 g/mol. The summed E-state index contributed by atoms with van der Waals surface area (Å²) in [7, 11) is 0. The molecule has 0 radical (unpaired) electrons. The minimum Gasteiger partial charge on any atom is -0.299 e. The van der Waals surface area contributed by atoms with Gasteiger partial charge in [-0.3, -0.25) is 4.90 Å². The summed E-state index contributed by atoms with van der Waals surface area (Å²) in [5.74, 6) is 0.0166.